The molecule has 4 aromatic rings. The molecule has 2 bridgehead atoms. The fourth-order valence-electron chi connectivity index (χ4n) is 3.70. The molecule has 5 N–H and O–H groups in total. The molecule has 0 fully saturated rings. The number of aliphatic hydroxyl groups excluding tert-OH is 1. The van der Waals surface area contributed by atoms with Gasteiger partial charge in [0.2, 0.25) is 0 Å². The molecule has 0 amide bonds. The number of benzene rings is 1. The minimum atomic E-state index is -1.16. The number of rotatable bonds is 0. The lowest BCUT2D eigenvalue weighted by Gasteiger charge is -2.21. The van der Waals surface area contributed by atoms with Crippen molar-refractivity contribution in [3.05, 3.63) is 64.3 Å². The molecule has 1 aliphatic rings. The van der Waals surface area contributed by atoms with Gasteiger partial charge in [0.05, 0.1) is 17.5 Å². The highest BCUT2D eigenvalue weighted by molar-refractivity contribution is 6.30. The van der Waals surface area contributed by atoms with Gasteiger partial charge in [-0.25, -0.2) is 9.37 Å². The quantitative estimate of drug-likeness (QED) is 0.339. The third kappa shape index (κ3) is 2.82. The number of ether oxygens (including phenoxy) is 1. The number of aliphatic hydroxyl groups is 1. The van der Waals surface area contributed by atoms with Crippen molar-refractivity contribution in [1.82, 2.24) is 25.4 Å². The summed E-state index contributed by atoms with van der Waals surface area (Å²) < 4.78 is 20.2. The molecule has 30 heavy (non-hydrogen) atoms. The van der Waals surface area contributed by atoms with Crippen LogP contribution in [0, 0.1) is 5.82 Å². The van der Waals surface area contributed by atoms with E-state index >= 15 is 0 Å². The summed E-state index contributed by atoms with van der Waals surface area (Å²) in [7, 11) is 0. The third-order valence-corrected chi connectivity index (χ3v) is 5.46. The maximum atomic E-state index is 14.1. The Morgan fingerprint density at radius 2 is 2.03 bits per heavy atom. The predicted octanol–water partition coefficient (Wildman–Crippen LogP) is 3.77. The van der Waals surface area contributed by atoms with Crippen molar-refractivity contribution >= 4 is 17.4 Å². The smallest absolute Gasteiger partial charge is 0.166 e. The molecule has 0 radical (unpaired) electrons. The fraction of sp³-hybridized carbons (Fsp3) is 0.150. The Hall–Kier alpha value is -3.43. The summed E-state index contributed by atoms with van der Waals surface area (Å²) in [5.41, 5.74) is 9.48. The molecular formula is C20H16ClFN6O2. The standard InChI is InChI=1S/C20H16ClFN6O2/c1-8-12-5-10(22)2-3-11(12)17-13(7-25-26-17)18(29)15-16(27-28-19(15)21)9-4-14(30-8)20(23)24-6-9/h2-8,18,29H,1H3,(H2,23,24)(H,25,26)(H,27,28)/t8-,18?/m1/s1. The molecule has 1 aliphatic heterocycles. The van der Waals surface area contributed by atoms with Crippen LogP contribution < -0.4 is 10.5 Å². The number of nitrogens with one attached hydrogen (secondary N) is 2. The van der Waals surface area contributed by atoms with Crippen molar-refractivity contribution in [1.29, 1.82) is 0 Å². The average molecular weight is 427 g/mol. The topological polar surface area (TPSA) is 126 Å². The molecule has 0 saturated carbocycles. The van der Waals surface area contributed by atoms with Gasteiger partial charge < -0.3 is 15.6 Å². The Morgan fingerprint density at radius 1 is 1.20 bits per heavy atom. The van der Waals surface area contributed by atoms with Crippen LogP contribution in [0.15, 0.2) is 36.7 Å². The van der Waals surface area contributed by atoms with Gasteiger partial charge in [-0.15, -0.1) is 0 Å². The van der Waals surface area contributed by atoms with E-state index in [0.717, 1.165) is 0 Å². The summed E-state index contributed by atoms with van der Waals surface area (Å²) in [6, 6.07) is 5.99. The number of H-pyrrole nitrogens is 2. The molecule has 0 saturated heterocycles. The van der Waals surface area contributed by atoms with Gasteiger partial charge in [-0.3, -0.25) is 10.2 Å². The van der Waals surface area contributed by atoms with Crippen LogP contribution in [0.3, 0.4) is 0 Å². The van der Waals surface area contributed by atoms with E-state index in [4.69, 9.17) is 22.1 Å². The maximum absolute atomic E-state index is 14.1. The van der Waals surface area contributed by atoms with Crippen molar-refractivity contribution in [2.24, 2.45) is 0 Å². The van der Waals surface area contributed by atoms with E-state index in [0.29, 0.717) is 45.0 Å². The number of aromatic amines is 2. The van der Waals surface area contributed by atoms with Crippen molar-refractivity contribution in [2.75, 3.05) is 5.73 Å². The first-order chi connectivity index (χ1) is 14.4. The number of hydrogen-bond acceptors (Lipinski definition) is 6. The first kappa shape index (κ1) is 18.6. The second-order valence-electron chi connectivity index (χ2n) is 7.00. The molecule has 152 valence electrons. The number of nitrogen functional groups attached to an aromatic ring is 1. The summed E-state index contributed by atoms with van der Waals surface area (Å²) >= 11 is 6.33. The zero-order valence-corrected chi connectivity index (χ0v) is 16.4. The lowest BCUT2D eigenvalue weighted by Crippen LogP contribution is -2.10. The van der Waals surface area contributed by atoms with Gasteiger partial charge >= 0.3 is 0 Å². The van der Waals surface area contributed by atoms with Gasteiger partial charge in [-0.1, -0.05) is 11.6 Å². The van der Waals surface area contributed by atoms with Crippen LogP contribution >= 0.6 is 11.6 Å². The maximum Gasteiger partial charge on any atom is 0.166 e. The van der Waals surface area contributed by atoms with Gasteiger partial charge in [-0.2, -0.15) is 10.2 Å². The summed E-state index contributed by atoms with van der Waals surface area (Å²) in [6.45, 7) is 1.78. The highest BCUT2D eigenvalue weighted by atomic mass is 35.5. The molecule has 8 nitrogen and oxygen atoms in total. The highest BCUT2D eigenvalue weighted by Crippen LogP contribution is 2.42. The number of hydrogen-bond donors (Lipinski definition) is 4. The molecule has 3 aromatic heterocycles. The van der Waals surface area contributed by atoms with Gasteiger partial charge in [-0.05, 0) is 31.2 Å². The minimum Gasteiger partial charge on any atom is -0.482 e. The van der Waals surface area contributed by atoms with Crippen LogP contribution in [0.2, 0.25) is 5.15 Å². The lowest BCUT2D eigenvalue weighted by atomic mass is 9.93. The molecule has 4 heterocycles. The van der Waals surface area contributed by atoms with Crippen molar-refractivity contribution in [3.63, 3.8) is 0 Å². The minimum absolute atomic E-state index is 0.173. The normalized spacial score (nSPS) is 17.7. The van der Waals surface area contributed by atoms with Gasteiger partial charge in [0.25, 0.3) is 0 Å². The summed E-state index contributed by atoms with van der Waals surface area (Å²) in [5.74, 6) is 0.0599. The monoisotopic (exact) mass is 426 g/mol. The first-order valence-corrected chi connectivity index (χ1v) is 9.49. The number of nitrogens with two attached hydrogens (primary N) is 1. The van der Waals surface area contributed by atoms with E-state index in [1.807, 2.05) is 0 Å². The number of anilines is 1. The van der Waals surface area contributed by atoms with E-state index in [-0.39, 0.29) is 11.0 Å². The number of fused-ring (bicyclic) bond motifs is 7. The first-order valence-electron chi connectivity index (χ1n) is 9.11. The van der Waals surface area contributed by atoms with Gasteiger partial charge in [0.1, 0.15) is 28.9 Å². The van der Waals surface area contributed by atoms with Crippen LogP contribution in [-0.4, -0.2) is 30.5 Å². The summed E-state index contributed by atoms with van der Waals surface area (Å²) in [6.07, 6.45) is 1.29. The molecular weight excluding hydrogens is 411 g/mol. The Morgan fingerprint density at radius 3 is 2.87 bits per heavy atom. The van der Waals surface area contributed by atoms with Crippen LogP contribution in [-0.2, 0) is 0 Å². The molecule has 2 atom stereocenters. The van der Waals surface area contributed by atoms with Crippen molar-refractivity contribution in [3.8, 4) is 28.3 Å². The van der Waals surface area contributed by atoms with E-state index < -0.39 is 18.0 Å². The number of nitrogens with zero attached hydrogens (tertiary/aromatic N) is 3. The van der Waals surface area contributed by atoms with E-state index in [2.05, 4.69) is 25.4 Å². The van der Waals surface area contributed by atoms with Gasteiger partial charge in [0.15, 0.2) is 11.6 Å². The Labute approximate surface area is 174 Å². The van der Waals surface area contributed by atoms with E-state index in [9.17, 15) is 9.50 Å². The van der Waals surface area contributed by atoms with Crippen LogP contribution in [0.1, 0.15) is 35.8 Å². The predicted molar refractivity (Wildman–Crippen MR) is 108 cm³/mol. The van der Waals surface area contributed by atoms with Crippen LogP contribution in [0.25, 0.3) is 22.5 Å². The number of halogens is 2. The number of pyridine rings is 1. The fourth-order valence-corrected chi connectivity index (χ4v) is 3.94. The SMILES string of the molecule is C[C@H]1Oc2cc(cnc2N)-c2n[nH]c(Cl)c2C(O)c2cn[nH]c2-c2ccc(F)cc21. The summed E-state index contributed by atoms with van der Waals surface area (Å²) in [5, 5.41) is 25.3. The zero-order valence-electron chi connectivity index (χ0n) is 15.6. The largest absolute Gasteiger partial charge is 0.482 e. The average Bonchev–Trinajstić information content (AvgIpc) is 3.35. The second-order valence-corrected chi connectivity index (χ2v) is 7.38. The molecule has 1 unspecified atom stereocenters. The Kier molecular flexibility index (Phi) is 4.23. The van der Waals surface area contributed by atoms with Gasteiger partial charge in [0, 0.05) is 28.5 Å². The number of aromatic nitrogens is 5. The zero-order chi connectivity index (χ0) is 21.0. The second kappa shape index (κ2) is 6.82. The van der Waals surface area contributed by atoms with E-state index in [1.54, 1.807) is 19.1 Å². The van der Waals surface area contributed by atoms with Crippen molar-refractivity contribution < 1.29 is 14.2 Å². The molecule has 10 heteroatoms. The molecule has 0 aliphatic carbocycles. The lowest BCUT2D eigenvalue weighted by molar-refractivity contribution is 0.220. The molecule has 5 rings (SSSR count). The Balaban J connectivity index is 1.84. The molecule has 0 spiro atoms. The van der Waals surface area contributed by atoms with Crippen molar-refractivity contribution in [2.45, 2.75) is 19.1 Å². The van der Waals surface area contributed by atoms with E-state index in [1.165, 1.54) is 24.5 Å². The van der Waals surface area contributed by atoms with Crippen LogP contribution in [0.4, 0.5) is 10.2 Å². The molecule has 1 aromatic carbocycles. The van der Waals surface area contributed by atoms with Crippen LogP contribution in [0.5, 0.6) is 5.75 Å². The summed E-state index contributed by atoms with van der Waals surface area (Å²) in [4.78, 5) is 4.19. The Bertz CT molecular complexity index is 1270. The highest BCUT2D eigenvalue weighted by Gasteiger charge is 2.29. The third-order valence-electron chi connectivity index (χ3n) is 5.17.